The van der Waals surface area contributed by atoms with Crippen LogP contribution in [-0.2, 0) is 9.53 Å². The number of phenolic OH excluding ortho intramolecular Hbond substituents is 2. The monoisotopic (exact) mass is 343 g/mol. The molecule has 6 nitrogen and oxygen atoms in total. The lowest BCUT2D eigenvalue weighted by Crippen LogP contribution is -2.31. The van der Waals surface area contributed by atoms with Crippen molar-refractivity contribution in [3.8, 4) is 11.5 Å². The second-order valence-electron chi connectivity index (χ2n) is 5.91. The first-order valence-electron chi connectivity index (χ1n) is 7.83. The highest BCUT2D eigenvalue weighted by Crippen LogP contribution is 2.23. The minimum Gasteiger partial charge on any atom is -0.508 e. The number of carbonyl (C=O) groups is 2. The summed E-state index contributed by atoms with van der Waals surface area (Å²) in [7, 11) is 0. The van der Waals surface area contributed by atoms with Crippen LogP contribution in [0.3, 0.4) is 0 Å². The van der Waals surface area contributed by atoms with Gasteiger partial charge in [-0.15, -0.1) is 0 Å². The Morgan fingerprint density at radius 3 is 2.44 bits per heavy atom. The van der Waals surface area contributed by atoms with Crippen LogP contribution in [0.25, 0.3) is 0 Å². The van der Waals surface area contributed by atoms with E-state index in [0.29, 0.717) is 0 Å². The molecule has 0 aromatic heterocycles. The van der Waals surface area contributed by atoms with Gasteiger partial charge in [0.05, 0.1) is 6.04 Å². The second-order valence-corrected chi connectivity index (χ2v) is 5.91. The minimum absolute atomic E-state index is 0.118. The maximum Gasteiger partial charge on any atom is 0.342 e. The number of ether oxygens (including phenoxy) is 1. The van der Waals surface area contributed by atoms with Crippen molar-refractivity contribution >= 4 is 11.9 Å². The van der Waals surface area contributed by atoms with E-state index in [1.165, 1.54) is 17.7 Å². The number of phenols is 2. The van der Waals surface area contributed by atoms with Gasteiger partial charge in [0.2, 0.25) is 0 Å². The van der Waals surface area contributed by atoms with Crippen molar-refractivity contribution in [3.05, 3.63) is 58.7 Å². The third-order valence-electron chi connectivity index (χ3n) is 3.94. The van der Waals surface area contributed by atoms with Crippen LogP contribution in [0.15, 0.2) is 36.4 Å². The third-order valence-corrected chi connectivity index (χ3v) is 3.94. The van der Waals surface area contributed by atoms with Crippen molar-refractivity contribution in [3.63, 3.8) is 0 Å². The molecule has 0 radical (unpaired) electrons. The molecule has 0 heterocycles. The molecule has 0 spiro atoms. The summed E-state index contributed by atoms with van der Waals surface area (Å²) in [5.41, 5.74) is 3.14. The standard InChI is InChI=1S/C19H21NO5/c1-11-4-5-14(8-12(11)2)13(3)20-18(23)10-25-19(24)16-7-6-15(21)9-17(16)22/h4-9,13,21-22H,10H2,1-3H3,(H,20,23)/t13-/m1/s1. The van der Waals surface area contributed by atoms with Crippen LogP contribution in [-0.4, -0.2) is 28.7 Å². The van der Waals surface area contributed by atoms with E-state index >= 15 is 0 Å². The molecule has 0 aliphatic heterocycles. The Morgan fingerprint density at radius 1 is 1.08 bits per heavy atom. The van der Waals surface area contributed by atoms with E-state index in [2.05, 4.69) is 5.32 Å². The predicted octanol–water partition coefficient (Wildman–Crippen LogP) is 2.75. The average molecular weight is 343 g/mol. The maximum absolute atomic E-state index is 12.0. The first kappa shape index (κ1) is 18.3. The number of benzene rings is 2. The molecule has 0 aliphatic carbocycles. The number of hydrogen-bond donors (Lipinski definition) is 3. The third kappa shape index (κ3) is 4.73. The van der Waals surface area contributed by atoms with Gasteiger partial charge in [0.15, 0.2) is 6.61 Å². The quantitative estimate of drug-likeness (QED) is 0.726. The fraction of sp³-hybridized carbons (Fsp3) is 0.263. The van der Waals surface area contributed by atoms with Gasteiger partial charge in [0.1, 0.15) is 17.1 Å². The number of aromatic hydroxyl groups is 2. The van der Waals surface area contributed by atoms with Gasteiger partial charge in [0.25, 0.3) is 5.91 Å². The van der Waals surface area contributed by atoms with Crippen molar-refractivity contribution in [2.45, 2.75) is 26.8 Å². The lowest BCUT2D eigenvalue weighted by molar-refractivity contribution is -0.124. The van der Waals surface area contributed by atoms with E-state index in [1.54, 1.807) is 0 Å². The summed E-state index contributed by atoms with van der Waals surface area (Å²) >= 11 is 0. The molecule has 1 amide bonds. The highest BCUT2D eigenvalue weighted by molar-refractivity contribution is 5.94. The molecule has 2 aromatic rings. The molecule has 6 heteroatoms. The first-order valence-corrected chi connectivity index (χ1v) is 7.83. The van der Waals surface area contributed by atoms with Crippen molar-refractivity contribution < 1.29 is 24.5 Å². The number of rotatable bonds is 5. The van der Waals surface area contributed by atoms with Gasteiger partial charge in [-0.05, 0) is 49.6 Å². The van der Waals surface area contributed by atoms with E-state index in [9.17, 15) is 19.8 Å². The first-order chi connectivity index (χ1) is 11.8. The molecule has 0 saturated heterocycles. The molecule has 132 valence electrons. The van der Waals surface area contributed by atoms with E-state index < -0.39 is 24.2 Å². The molecule has 0 saturated carbocycles. The summed E-state index contributed by atoms with van der Waals surface area (Å²) in [6.45, 7) is 5.39. The van der Waals surface area contributed by atoms with E-state index in [1.807, 2.05) is 39.0 Å². The molecule has 0 bridgehead atoms. The number of esters is 1. The van der Waals surface area contributed by atoms with Crippen LogP contribution >= 0.6 is 0 Å². The smallest absolute Gasteiger partial charge is 0.342 e. The summed E-state index contributed by atoms with van der Waals surface area (Å²) in [5.74, 6) is -1.87. The van der Waals surface area contributed by atoms with Gasteiger partial charge in [0, 0.05) is 6.07 Å². The fourth-order valence-corrected chi connectivity index (χ4v) is 2.30. The fourth-order valence-electron chi connectivity index (χ4n) is 2.30. The highest BCUT2D eigenvalue weighted by atomic mass is 16.5. The number of amides is 1. The van der Waals surface area contributed by atoms with Crippen molar-refractivity contribution in [1.82, 2.24) is 5.32 Å². The Morgan fingerprint density at radius 2 is 1.80 bits per heavy atom. The molecule has 2 aromatic carbocycles. The molecule has 0 unspecified atom stereocenters. The van der Waals surface area contributed by atoms with Crippen LogP contribution in [0.1, 0.15) is 40.0 Å². The van der Waals surface area contributed by atoms with E-state index in [4.69, 9.17) is 4.74 Å². The van der Waals surface area contributed by atoms with Gasteiger partial charge < -0.3 is 20.3 Å². The maximum atomic E-state index is 12.0. The largest absolute Gasteiger partial charge is 0.508 e. The van der Waals surface area contributed by atoms with E-state index in [-0.39, 0.29) is 17.4 Å². The molecule has 0 aliphatic rings. The normalized spacial score (nSPS) is 11.6. The number of carbonyl (C=O) groups excluding carboxylic acids is 2. The van der Waals surface area contributed by atoms with Gasteiger partial charge in [-0.3, -0.25) is 4.79 Å². The summed E-state index contributed by atoms with van der Waals surface area (Å²) in [4.78, 5) is 23.8. The molecular formula is C19H21NO5. The average Bonchev–Trinajstić information content (AvgIpc) is 2.55. The molecule has 2 rings (SSSR count). The second kappa shape index (κ2) is 7.70. The highest BCUT2D eigenvalue weighted by Gasteiger charge is 2.16. The minimum atomic E-state index is -0.841. The van der Waals surface area contributed by atoms with Gasteiger partial charge >= 0.3 is 5.97 Å². The number of aryl methyl sites for hydroxylation is 2. The zero-order chi connectivity index (χ0) is 18.6. The summed E-state index contributed by atoms with van der Waals surface area (Å²) in [6, 6.07) is 9.20. The molecule has 3 N–H and O–H groups in total. The zero-order valence-corrected chi connectivity index (χ0v) is 14.4. The Kier molecular flexibility index (Phi) is 5.64. The van der Waals surface area contributed by atoms with Gasteiger partial charge in [-0.25, -0.2) is 4.79 Å². The van der Waals surface area contributed by atoms with Crippen LogP contribution in [0.4, 0.5) is 0 Å². The molecule has 25 heavy (non-hydrogen) atoms. The summed E-state index contributed by atoms with van der Waals surface area (Å²) in [6.07, 6.45) is 0. The van der Waals surface area contributed by atoms with Gasteiger partial charge in [-0.1, -0.05) is 18.2 Å². The molecular weight excluding hydrogens is 322 g/mol. The van der Waals surface area contributed by atoms with E-state index in [0.717, 1.165) is 17.2 Å². The summed E-state index contributed by atoms with van der Waals surface area (Å²) in [5, 5.41) is 21.6. The van der Waals surface area contributed by atoms with Crippen LogP contribution in [0, 0.1) is 13.8 Å². The lowest BCUT2D eigenvalue weighted by atomic mass is 10.0. The lowest BCUT2D eigenvalue weighted by Gasteiger charge is -2.16. The van der Waals surface area contributed by atoms with Crippen molar-refractivity contribution in [2.75, 3.05) is 6.61 Å². The Bertz CT molecular complexity index is 800. The van der Waals surface area contributed by atoms with Crippen molar-refractivity contribution in [2.24, 2.45) is 0 Å². The van der Waals surface area contributed by atoms with Crippen LogP contribution < -0.4 is 5.32 Å². The van der Waals surface area contributed by atoms with Crippen molar-refractivity contribution in [1.29, 1.82) is 0 Å². The topological polar surface area (TPSA) is 95.9 Å². The number of nitrogens with one attached hydrogen (secondary N) is 1. The SMILES string of the molecule is Cc1ccc([C@@H](C)NC(=O)COC(=O)c2ccc(O)cc2O)cc1C. The Balaban J connectivity index is 1.91. The predicted molar refractivity (Wildman–Crippen MR) is 92.5 cm³/mol. The molecule has 1 atom stereocenters. The summed E-state index contributed by atoms with van der Waals surface area (Å²) < 4.78 is 4.90. The van der Waals surface area contributed by atoms with Crippen LogP contribution in [0.2, 0.25) is 0 Å². The Hall–Kier alpha value is -3.02. The Labute approximate surface area is 146 Å². The van der Waals surface area contributed by atoms with Gasteiger partial charge in [-0.2, -0.15) is 0 Å². The van der Waals surface area contributed by atoms with Crippen LogP contribution in [0.5, 0.6) is 11.5 Å². The molecule has 0 fully saturated rings. The number of hydrogen-bond acceptors (Lipinski definition) is 5. The zero-order valence-electron chi connectivity index (χ0n) is 14.4.